The number of nitrogens with one attached hydrogen (secondary N) is 1. The average molecular weight is 769 g/mol. The lowest BCUT2D eigenvalue weighted by atomic mass is 9.84. The van der Waals surface area contributed by atoms with Crippen molar-refractivity contribution in [3.63, 3.8) is 0 Å². The predicted molar refractivity (Wildman–Crippen MR) is 216 cm³/mol. The Bertz CT molecular complexity index is 1450. The molecule has 0 aliphatic carbocycles. The lowest BCUT2D eigenvalue weighted by Crippen LogP contribution is -2.54. The highest BCUT2D eigenvalue weighted by Crippen LogP contribution is 2.33. The number of likely N-dealkylation sites (tertiary alicyclic amines) is 1. The molecule has 11 heteroatoms. The van der Waals surface area contributed by atoms with Crippen LogP contribution in [0.1, 0.15) is 103 Å². The molecule has 2 heterocycles. The number of likely N-dealkylation sites (N-methyl/N-ethyl adjacent to an activating group) is 2. The van der Waals surface area contributed by atoms with E-state index in [0.717, 1.165) is 29.8 Å². The van der Waals surface area contributed by atoms with Gasteiger partial charge in [0.1, 0.15) is 5.78 Å². The van der Waals surface area contributed by atoms with Crippen LogP contribution in [0.25, 0.3) is 0 Å². The van der Waals surface area contributed by atoms with Crippen LogP contribution in [0.3, 0.4) is 0 Å². The van der Waals surface area contributed by atoms with Gasteiger partial charge in [-0.3, -0.25) is 19.2 Å². The van der Waals surface area contributed by atoms with Crippen LogP contribution in [0.4, 0.5) is 0 Å². The minimum atomic E-state index is -0.566. The molecule has 1 aliphatic heterocycles. The van der Waals surface area contributed by atoms with Gasteiger partial charge in [-0.25, -0.2) is 4.98 Å². The highest BCUT2D eigenvalue weighted by molar-refractivity contribution is 7.09. The topological polar surface area (TPSA) is 118 Å². The number of amides is 2. The number of hydrogen-bond donors (Lipinski definition) is 1. The molecule has 302 valence electrons. The minimum absolute atomic E-state index is 0.0290. The number of ether oxygens (including phenoxy) is 2. The molecule has 3 rings (SSSR count). The van der Waals surface area contributed by atoms with Crippen molar-refractivity contribution in [2.75, 3.05) is 34.9 Å². The Hall–Kier alpha value is -2.99. The van der Waals surface area contributed by atoms with Gasteiger partial charge in [-0.05, 0) is 49.6 Å². The third-order valence-corrected chi connectivity index (χ3v) is 12.7. The quantitative estimate of drug-likeness (QED) is 0.131. The summed E-state index contributed by atoms with van der Waals surface area (Å²) in [5, 5.41) is 6.02. The maximum absolute atomic E-state index is 14.3. The van der Waals surface area contributed by atoms with E-state index in [2.05, 4.69) is 36.3 Å². The van der Waals surface area contributed by atoms with Gasteiger partial charge in [-0.1, -0.05) is 85.2 Å². The lowest BCUT2D eigenvalue weighted by molar-refractivity contribution is -0.149. The van der Waals surface area contributed by atoms with E-state index < -0.39 is 24.0 Å². The summed E-state index contributed by atoms with van der Waals surface area (Å²) >= 11 is 1.57. The second-order valence-electron chi connectivity index (χ2n) is 16.0. The largest absolute Gasteiger partial charge is 0.379 e. The molecule has 1 aromatic carbocycles. The summed E-state index contributed by atoms with van der Waals surface area (Å²) in [4.78, 5) is 64.1. The molecular weight excluding hydrogens is 701 g/mol. The number of nitrogens with zero attached hydrogens (tertiary/aromatic N) is 3. The van der Waals surface area contributed by atoms with E-state index in [0.29, 0.717) is 19.4 Å². The van der Waals surface area contributed by atoms with Gasteiger partial charge < -0.3 is 24.6 Å². The van der Waals surface area contributed by atoms with Gasteiger partial charge >= 0.3 is 0 Å². The summed E-state index contributed by atoms with van der Waals surface area (Å²) in [6.07, 6.45) is 4.37. The van der Waals surface area contributed by atoms with E-state index in [4.69, 9.17) is 9.47 Å². The van der Waals surface area contributed by atoms with Crippen LogP contribution in [0.15, 0.2) is 41.9 Å². The van der Waals surface area contributed by atoms with E-state index >= 15 is 0 Å². The fourth-order valence-electron chi connectivity index (χ4n) is 8.43. The average Bonchev–Trinajstić information content (AvgIpc) is 3.87. The first-order valence-electron chi connectivity index (χ1n) is 20.0. The summed E-state index contributed by atoms with van der Waals surface area (Å²) in [5.41, 5.74) is 1.16. The highest BCUT2D eigenvalue weighted by atomic mass is 32.1. The van der Waals surface area contributed by atoms with Crippen LogP contribution in [0.2, 0.25) is 0 Å². The van der Waals surface area contributed by atoms with Gasteiger partial charge in [0.2, 0.25) is 11.8 Å². The summed E-state index contributed by atoms with van der Waals surface area (Å²) in [5.74, 6) is -0.952. The van der Waals surface area contributed by atoms with Crippen LogP contribution in [-0.2, 0) is 35.1 Å². The Kier molecular flexibility index (Phi) is 18.4. The van der Waals surface area contributed by atoms with Crippen LogP contribution in [-0.4, -0.2) is 103 Å². The molecule has 1 aromatic heterocycles. The summed E-state index contributed by atoms with van der Waals surface area (Å²) < 4.78 is 12.1. The number of rotatable bonds is 23. The van der Waals surface area contributed by atoms with Crippen LogP contribution < -0.4 is 5.32 Å². The molecule has 1 aliphatic rings. The molecule has 0 saturated carbocycles. The molecule has 0 radical (unpaired) electrons. The van der Waals surface area contributed by atoms with E-state index in [9.17, 15) is 19.2 Å². The number of benzene rings is 1. The lowest BCUT2D eigenvalue weighted by Gasteiger charge is -2.41. The van der Waals surface area contributed by atoms with Crippen molar-refractivity contribution in [1.29, 1.82) is 0 Å². The number of ketones is 2. The number of carbonyl (C=O) groups excluding carboxylic acids is 4. The van der Waals surface area contributed by atoms with Gasteiger partial charge in [-0.2, -0.15) is 0 Å². The third kappa shape index (κ3) is 11.8. The van der Waals surface area contributed by atoms with Gasteiger partial charge in [0, 0.05) is 70.0 Å². The zero-order valence-corrected chi connectivity index (χ0v) is 35.6. The maximum Gasteiger partial charge on any atom is 0.226 e. The second-order valence-corrected chi connectivity index (χ2v) is 17.0. The van der Waals surface area contributed by atoms with Crippen molar-refractivity contribution in [3.8, 4) is 0 Å². The van der Waals surface area contributed by atoms with E-state index in [1.807, 2.05) is 63.1 Å². The Morgan fingerprint density at radius 2 is 1.65 bits per heavy atom. The van der Waals surface area contributed by atoms with Crippen LogP contribution >= 0.6 is 11.3 Å². The zero-order chi connectivity index (χ0) is 40.1. The number of carbonyl (C=O) groups is 4. The standard InChI is InChI=1S/C43H68N4O6S/c1-12-29(6)40(46(9)43(51)33(27(2)3)25-36(49)39(44-8)28(4)5)37(52-10)26-38(50)47-21-16-19-34(47)41(53-11)30(7)35(48)24-32(42-45-20-22-54-42)23-31-17-14-13-15-18-31/h13-15,17-18,20,22,27-30,32-34,37,39-41,44H,12,16,19,21,23-26H2,1-11H3/t29-,30-,32+,33-,34-,37+,39-,40-,41+/m0/s1. The van der Waals surface area contributed by atoms with Crippen LogP contribution in [0, 0.1) is 29.6 Å². The third-order valence-electron chi connectivity index (χ3n) is 11.8. The minimum Gasteiger partial charge on any atom is -0.379 e. The molecule has 2 aromatic rings. The first-order chi connectivity index (χ1) is 25.7. The molecule has 0 unspecified atom stereocenters. The molecule has 1 N–H and O–H groups in total. The van der Waals surface area contributed by atoms with Gasteiger partial charge in [-0.15, -0.1) is 11.3 Å². The first-order valence-corrected chi connectivity index (χ1v) is 20.9. The molecule has 1 saturated heterocycles. The van der Waals surface area contributed by atoms with E-state index in [1.165, 1.54) is 0 Å². The summed E-state index contributed by atoms with van der Waals surface area (Å²) in [6.45, 7) is 14.6. The Morgan fingerprint density at radius 1 is 0.963 bits per heavy atom. The van der Waals surface area contributed by atoms with Gasteiger partial charge in [0.05, 0.1) is 41.8 Å². The van der Waals surface area contributed by atoms with Crippen molar-refractivity contribution < 1.29 is 28.7 Å². The fourth-order valence-corrected chi connectivity index (χ4v) is 9.17. The molecule has 1 fully saturated rings. The second kappa shape index (κ2) is 21.9. The molecule has 0 spiro atoms. The van der Waals surface area contributed by atoms with E-state index in [-0.39, 0.29) is 78.0 Å². The van der Waals surface area contributed by atoms with Gasteiger partial charge in [0.25, 0.3) is 0 Å². The number of aromatic nitrogens is 1. The van der Waals surface area contributed by atoms with Gasteiger partial charge in [0.15, 0.2) is 5.78 Å². The summed E-state index contributed by atoms with van der Waals surface area (Å²) in [6, 6.07) is 9.21. The smallest absolute Gasteiger partial charge is 0.226 e. The molecular formula is C43H68N4O6S. The van der Waals surface area contributed by atoms with Crippen molar-refractivity contribution in [2.24, 2.45) is 29.6 Å². The van der Waals surface area contributed by atoms with Crippen LogP contribution in [0.5, 0.6) is 0 Å². The SMILES string of the molecule is CC[C@H](C)[C@@H]([C@@H](CC(=O)N1CCC[C@H]1[C@H](OC)[C@@H](C)C(=O)C[C@@H](Cc1ccccc1)c1nccs1)OC)N(C)C(=O)[C@@H](CC(=O)[C@@H](NC)C(C)C)C(C)C. The van der Waals surface area contributed by atoms with Crippen molar-refractivity contribution in [3.05, 3.63) is 52.5 Å². The molecule has 9 atom stereocenters. The molecule has 0 bridgehead atoms. The van der Waals surface area contributed by atoms with Crippen molar-refractivity contribution >= 4 is 34.7 Å². The zero-order valence-electron chi connectivity index (χ0n) is 34.7. The maximum atomic E-state index is 14.3. The predicted octanol–water partition coefficient (Wildman–Crippen LogP) is 6.82. The first kappa shape index (κ1) is 45.4. The fraction of sp³-hybridized carbons (Fsp3) is 0.698. The Morgan fingerprint density at radius 3 is 2.19 bits per heavy atom. The van der Waals surface area contributed by atoms with Crippen molar-refractivity contribution in [2.45, 2.75) is 130 Å². The number of hydrogen-bond acceptors (Lipinski definition) is 9. The number of methoxy groups -OCH3 is 2. The molecule has 10 nitrogen and oxygen atoms in total. The van der Waals surface area contributed by atoms with Crippen molar-refractivity contribution in [1.82, 2.24) is 20.1 Å². The summed E-state index contributed by atoms with van der Waals surface area (Å²) in [7, 11) is 6.80. The number of thiazole rings is 1. The normalized spacial score (nSPS) is 19.2. The molecule has 2 amide bonds. The monoisotopic (exact) mass is 768 g/mol. The number of Topliss-reactive ketones (excluding diaryl/α,β-unsaturated/α-hetero) is 2. The van der Waals surface area contributed by atoms with E-state index in [1.54, 1.807) is 50.7 Å². The Balaban J connectivity index is 1.78. The Labute approximate surface area is 329 Å². The molecule has 54 heavy (non-hydrogen) atoms. The highest BCUT2D eigenvalue weighted by Gasteiger charge is 2.43.